The number of likely N-dealkylation sites (N-methyl/N-ethyl adjacent to an activating group) is 2. The fourth-order valence-corrected chi connectivity index (χ4v) is 1.90. The van der Waals surface area contributed by atoms with Crippen LogP contribution in [0.4, 0.5) is 0 Å². The van der Waals surface area contributed by atoms with Crippen molar-refractivity contribution in [3.63, 3.8) is 0 Å². The highest BCUT2D eigenvalue weighted by atomic mass is 16.5. The number of esters is 2. The first-order valence-corrected chi connectivity index (χ1v) is 8.61. The van der Waals surface area contributed by atoms with Gasteiger partial charge in [0.15, 0.2) is 0 Å². The van der Waals surface area contributed by atoms with Crippen molar-refractivity contribution in [2.24, 2.45) is 5.92 Å². The SMILES string of the molecule is C.CNC1CC(=O)N(C)C1=O.CNCC(C)C(=O)OC.CNCCC(=O)OC. The standard InChI is InChI=1S/C6H10N2O2.C6H13NO2.C5H11NO2.CH4/c1-7-4-3-5(9)8(2)6(4)10;1-5(4-7-2)6(8)9-3;1-6-4-3-5(7)8-2;/h4,7H,3H2,1-2H3;5,7H,4H2,1-3H3;6H,3-4H2,1-2H3;1H4. The normalized spacial score (nSPS) is 16.0. The summed E-state index contributed by atoms with van der Waals surface area (Å²) in [7, 11) is 9.56. The number of likely N-dealkylation sites (tertiary alicyclic amines) is 1. The summed E-state index contributed by atoms with van der Waals surface area (Å²) in [6.45, 7) is 3.18. The quantitative estimate of drug-likeness (QED) is 0.375. The molecule has 10 nitrogen and oxygen atoms in total. The van der Waals surface area contributed by atoms with E-state index in [4.69, 9.17) is 0 Å². The van der Waals surface area contributed by atoms with Crippen LogP contribution in [-0.4, -0.2) is 90.2 Å². The highest BCUT2D eigenvalue weighted by molar-refractivity contribution is 6.05. The monoisotopic (exact) mass is 406 g/mol. The number of hydrogen-bond acceptors (Lipinski definition) is 9. The van der Waals surface area contributed by atoms with Crippen LogP contribution >= 0.6 is 0 Å². The van der Waals surface area contributed by atoms with Gasteiger partial charge in [0.05, 0.1) is 39.0 Å². The molecule has 2 atom stereocenters. The third-order valence-electron chi connectivity index (χ3n) is 3.65. The minimum Gasteiger partial charge on any atom is -0.469 e. The molecule has 1 aliphatic heterocycles. The first kappa shape index (κ1) is 30.7. The topological polar surface area (TPSA) is 126 Å². The van der Waals surface area contributed by atoms with Crippen LogP contribution in [0.5, 0.6) is 0 Å². The second-order valence-corrected chi connectivity index (χ2v) is 5.75. The number of carbonyl (C=O) groups is 4. The summed E-state index contributed by atoms with van der Waals surface area (Å²) >= 11 is 0. The Hall–Kier alpha value is -2.04. The van der Waals surface area contributed by atoms with Crippen LogP contribution in [0.1, 0.15) is 27.2 Å². The van der Waals surface area contributed by atoms with Crippen LogP contribution in [0, 0.1) is 5.92 Å². The molecule has 0 radical (unpaired) electrons. The maximum atomic E-state index is 11.0. The molecule has 2 unspecified atom stereocenters. The first-order chi connectivity index (χ1) is 12.7. The van der Waals surface area contributed by atoms with Crippen LogP contribution in [0.2, 0.25) is 0 Å². The average molecular weight is 407 g/mol. The molecule has 1 heterocycles. The van der Waals surface area contributed by atoms with E-state index >= 15 is 0 Å². The number of imide groups is 1. The lowest BCUT2D eigenvalue weighted by Gasteiger charge is -2.06. The molecule has 3 N–H and O–H groups in total. The highest BCUT2D eigenvalue weighted by Gasteiger charge is 2.34. The van der Waals surface area contributed by atoms with Gasteiger partial charge in [0.1, 0.15) is 0 Å². The largest absolute Gasteiger partial charge is 0.469 e. The summed E-state index contributed by atoms with van der Waals surface area (Å²) in [5.74, 6) is -0.611. The second kappa shape index (κ2) is 18.3. The Morgan fingerprint density at radius 1 is 1.14 bits per heavy atom. The van der Waals surface area contributed by atoms with E-state index < -0.39 is 0 Å². The lowest BCUT2D eigenvalue weighted by atomic mass is 10.2. The van der Waals surface area contributed by atoms with Crippen LogP contribution < -0.4 is 16.0 Å². The smallest absolute Gasteiger partial charge is 0.309 e. The van der Waals surface area contributed by atoms with Gasteiger partial charge in [0, 0.05) is 20.1 Å². The molecule has 10 heteroatoms. The summed E-state index contributed by atoms with van der Waals surface area (Å²) in [6, 6.07) is -0.294. The van der Waals surface area contributed by atoms with Crippen molar-refractivity contribution >= 4 is 23.8 Å². The molecule has 166 valence electrons. The number of nitrogens with one attached hydrogen (secondary N) is 3. The van der Waals surface area contributed by atoms with Gasteiger partial charge in [-0.2, -0.15) is 0 Å². The number of carbonyl (C=O) groups excluding carboxylic acids is 4. The van der Waals surface area contributed by atoms with E-state index in [1.54, 1.807) is 21.1 Å². The Morgan fingerprint density at radius 3 is 2.00 bits per heavy atom. The Morgan fingerprint density at radius 2 is 1.71 bits per heavy atom. The number of hydrogen-bond donors (Lipinski definition) is 3. The zero-order valence-electron chi connectivity index (χ0n) is 17.4. The van der Waals surface area contributed by atoms with Gasteiger partial charge in [-0.05, 0) is 21.1 Å². The van der Waals surface area contributed by atoms with E-state index in [1.807, 2.05) is 6.92 Å². The molecule has 1 saturated heterocycles. The van der Waals surface area contributed by atoms with E-state index in [1.165, 1.54) is 21.3 Å². The lowest BCUT2D eigenvalue weighted by Crippen LogP contribution is -2.34. The van der Waals surface area contributed by atoms with Crippen LogP contribution in [-0.2, 0) is 28.7 Å². The fourth-order valence-electron chi connectivity index (χ4n) is 1.90. The van der Waals surface area contributed by atoms with Crippen molar-refractivity contribution in [2.45, 2.75) is 33.2 Å². The van der Waals surface area contributed by atoms with Gasteiger partial charge >= 0.3 is 11.9 Å². The van der Waals surface area contributed by atoms with Gasteiger partial charge in [0.2, 0.25) is 11.8 Å². The molecule has 0 aromatic rings. The number of nitrogens with zero attached hydrogens (tertiary/aromatic N) is 1. The Kier molecular flexibility index (Phi) is 20.1. The second-order valence-electron chi connectivity index (χ2n) is 5.75. The molecule has 0 saturated carbocycles. The van der Waals surface area contributed by atoms with E-state index in [0.717, 1.165) is 4.90 Å². The van der Waals surface area contributed by atoms with Crippen LogP contribution in [0.15, 0.2) is 0 Å². The van der Waals surface area contributed by atoms with Gasteiger partial charge in [-0.25, -0.2) is 0 Å². The van der Waals surface area contributed by atoms with Crippen molar-refractivity contribution < 1.29 is 28.7 Å². The van der Waals surface area contributed by atoms with Crippen molar-refractivity contribution in [1.82, 2.24) is 20.9 Å². The number of ether oxygens (including phenoxy) is 2. The van der Waals surface area contributed by atoms with Crippen LogP contribution in [0.3, 0.4) is 0 Å². The number of amides is 2. The molecular weight excluding hydrogens is 368 g/mol. The minimum absolute atomic E-state index is 0. The fraction of sp³-hybridized carbons (Fsp3) is 0.778. The Balaban J connectivity index is -0.000000332. The molecule has 0 spiro atoms. The number of rotatable bonds is 7. The summed E-state index contributed by atoms with van der Waals surface area (Å²) in [4.78, 5) is 43.9. The zero-order chi connectivity index (χ0) is 21.4. The molecule has 0 bridgehead atoms. The van der Waals surface area contributed by atoms with Gasteiger partial charge in [-0.15, -0.1) is 0 Å². The van der Waals surface area contributed by atoms with E-state index in [-0.39, 0.29) is 43.1 Å². The molecule has 28 heavy (non-hydrogen) atoms. The molecule has 1 aliphatic rings. The summed E-state index contributed by atoms with van der Waals surface area (Å²) in [5, 5.41) is 8.48. The average Bonchev–Trinajstić information content (AvgIpc) is 2.93. The molecule has 0 aromatic heterocycles. The molecule has 1 fully saturated rings. The summed E-state index contributed by atoms with van der Waals surface area (Å²) in [5.41, 5.74) is 0. The van der Waals surface area contributed by atoms with Crippen molar-refractivity contribution in [3.05, 3.63) is 0 Å². The maximum Gasteiger partial charge on any atom is 0.309 e. The van der Waals surface area contributed by atoms with Crippen molar-refractivity contribution in [1.29, 1.82) is 0 Å². The van der Waals surface area contributed by atoms with Gasteiger partial charge in [0.25, 0.3) is 0 Å². The third kappa shape index (κ3) is 13.2. The van der Waals surface area contributed by atoms with Gasteiger partial charge < -0.3 is 25.4 Å². The maximum absolute atomic E-state index is 11.0. The van der Waals surface area contributed by atoms with Gasteiger partial charge in [-0.3, -0.25) is 24.1 Å². The summed E-state index contributed by atoms with van der Waals surface area (Å²) < 4.78 is 8.86. The molecular formula is C18H38N4O6. The molecule has 1 rings (SSSR count). The highest BCUT2D eigenvalue weighted by Crippen LogP contribution is 2.09. The van der Waals surface area contributed by atoms with E-state index in [9.17, 15) is 19.2 Å². The van der Waals surface area contributed by atoms with E-state index in [0.29, 0.717) is 25.9 Å². The third-order valence-corrected chi connectivity index (χ3v) is 3.65. The zero-order valence-corrected chi connectivity index (χ0v) is 17.4. The van der Waals surface area contributed by atoms with Crippen molar-refractivity contribution in [3.8, 4) is 0 Å². The predicted molar refractivity (Wildman–Crippen MR) is 108 cm³/mol. The number of methoxy groups -OCH3 is 2. The first-order valence-electron chi connectivity index (χ1n) is 8.61. The molecule has 0 aliphatic carbocycles. The van der Waals surface area contributed by atoms with E-state index in [2.05, 4.69) is 25.4 Å². The van der Waals surface area contributed by atoms with Crippen LogP contribution in [0.25, 0.3) is 0 Å². The Labute approximate surface area is 168 Å². The minimum atomic E-state index is -0.294. The summed E-state index contributed by atoms with van der Waals surface area (Å²) in [6.07, 6.45) is 0.749. The lowest BCUT2D eigenvalue weighted by molar-refractivity contribution is -0.144. The molecule has 0 aromatic carbocycles. The van der Waals surface area contributed by atoms with Gasteiger partial charge in [-0.1, -0.05) is 14.4 Å². The molecule has 2 amide bonds. The predicted octanol–water partition coefficient (Wildman–Crippen LogP) is -0.617. The Bertz CT molecular complexity index is 473. The van der Waals surface area contributed by atoms with Crippen molar-refractivity contribution in [2.75, 3.05) is 55.5 Å².